The van der Waals surface area contributed by atoms with Crippen molar-refractivity contribution in [2.45, 2.75) is 144 Å². The van der Waals surface area contributed by atoms with E-state index in [2.05, 4.69) is 215 Å². The first-order valence-electron chi connectivity index (χ1n) is 33.7. The van der Waals surface area contributed by atoms with Crippen LogP contribution in [0.2, 0.25) is 0 Å². The number of halogens is 1. The summed E-state index contributed by atoms with van der Waals surface area (Å²) in [4.78, 5) is 9.28. The second kappa shape index (κ2) is 22.9. The predicted molar refractivity (Wildman–Crippen MR) is 371 cm³/mol. The summed E-state index contributed by atoms with van der Waals surface area (Å²) in [6, 6.07) is 54.6. The molecule has 0 radical (unpaired) electrons. The number of furan rings is 1. The summed E-state index contributed by atoms with van der Waals surface area (Å²) in [5.41, 5.74) is 14.1. The summed E-state index contributed by atoms with van der Waals surface area (Å²) in [7, 11) is 0. The third-order valence-corrected chi connectivity index (χ3v) is 18.4. The Morgan fingerprint density at radius 2 is 1.17 bits per heavy atom. The van der Waals surface area contributed by atoms with Crippen LogP contribution in [0.4, 0.5) is 27.1 Å². The Hall–Kier alpha value is -8.25. The van der Waals surface area contributed by atoms with Gasteiger partial charge in [-0.2, -0.15) is 6.07 Å². The Balaban J connectivity index is 0.00000864. The van der Waals surface area contributed by atoms with Crippen molar-refractivity contribution < 1.29 is 41.5 Å². The first-order valence-corrected chi connectivity index (χ1v) is 31.2. The summed E-state index contributed by atoms with van der Waals surface area (Å²) >= 11 is 0. The molecule has 0 saturated heterocycles. The molecule has 1 aliphatic heterocycles. The smallest absolute Gasteiger partial charge is 0.171 e. The van der Waals surface area contributed by atoms with E-state index in [4.69, 9.17) is 18.3 Å². The van der Waals surface area contributed by atoms with Crippen LogP contribution in [-0.4, -0.2) is 9.55 Å². The fourth-order valence-corrected chi connectivity index (χ4v) is 12.9. The number of fused-ring (bicyclic) bond motifs is 8. The average molecular weight is 1370 g/mol. The van der Waals surface area contributed by atoms with Crippen LogP contribution in [0, 0.1) is 24.6 Å². The molecule has 13 rings (SSSR count). The minimum Gasteiger partial charge on any atom is -0.509 e. The van der Waals surface area contributed by atoms with Crippen molar-refractivity contribution in [3.05, 3.63) is 234 Å². The number of nitrogens with zero attached hydrogens (tertiary/aromatic N) is 4. The van der Waals surface area contributed by atoms with Gasteiger partial charge in [0.2, 0.25) is 0 Å². The molecule has 6 nitrogen and oxygen atoms in total. The third kappa shape index (κ3) is 10.9. The van der Waals surface area contributed by atoms with E-state index < -0.39 is 23.9 Å². The molecule has 0 unspecified atom stereocenters. The van der Waals surface area contributed by atoms with Gasteiger partial charge in [-0.3, -0.25) is 0 Å². The van der Waals surface area contributed by atoms with Gasteiger partial charge in [-0.05, 0) is 132 Å². The summed E-state index contributed by atoms with van der Waals surface area (Å²) in [6.45, 7) is 35.5. The van der Waals surface area contributed by atoms with E-state index in [-0.39, 0.29) is 71.4 Å². The second-order valence-corrected chi connectivity index (χ2v) is 28.4. The standard InChI is InChI=1S/C82H80FN4O2.Pt/c1-16-82(15,17-2)54-40-41-84-72(47-54)87-70-39-38-63-62-30-24-33-67(83)76(62)89-77(63)74(70)64-37-36-58(49-71(64)87)88-59-45-53(73-65(80(9,10)11)31-25-32-66(73)81(12,13)14)44-57(48-59)85-50-86(69-35-22-21-34-68(69)85)75-60(51-26-19-18-20-27-51)28-23-29-61(75)52-42-55(78(3,4)5)46-56(43-52)79(6,7)8;/h18-47,50H,16-17H2,1-15H3;/q-3;/i18D,19D,20D,26D,27D;. The number of ether oxygens (including phenoxy) is 1. The number of pyridine rings is 1. The SMILES string of the molecule is [2H]c1c([2H])c([2H])c(-c2cccc(-c3cc(C(C)(C)C)cc(C(C)(C)C)c3)c2N2[CH-]N(c3[c-]c(Oc4[c-]c5c(cc4)c4c6oc7c(F)cccc7c6ccc4n5-c4cc(C(C)(CC)CC)ccn4)cc(-c4c(C(C)(C)C)cccc4C(C)(C)C)c3)c3ccccc32)c([2H])c1[2H].[Pt]. The van der Waals surface area contributed by atoms with Gasteiger partial charge in [0.15, 0.2) is 11.4 Å². The maximum absolute atomic E-state index is 15.6. The predicted octanol–water partition coefficient (Wildman–Crippen LogP) is 23.3. The number of benzene rings is 9. The first-order chi connectivity index (χ1) is 44.4. The summed E-state index contributed by atoms with van der Waals surface area (Å²) in [6.07, 6.45) is 3.75. The molecule has 0 atom stereocenters. The van der Waals surface area contributed by atoms with Gasteiger partial charge in [0.25, 0.3) is 0 Å². The van der Waals surface area contributed by atoms with Crippen LogP contribution in [0.25, 0.3) is 82.9 Å². The fraction of sp³-hybridized carbons (Fsp3) is 0.268. The van der Waals surface area contributed by atoms with Crippen molar-refractivity contribution in [2.75, 3.05) is 9.80 Å². The quantitative estimate of drug-likeness (QED) is 0.121. The van der Waals surface area contributed by atoms with Crippen LogP contribution in [0.3, 0.4) is 0 Å². The molecular formula is C82H80FN4O2Pt-3. The van der Waals surface area contributed by atoms with E-state index in [9.17, 15) is 2.74 Å². The number of hydrogen-bond donors (Lipinski definition) is 0. The number of rotatable bonds is 11. The van der Waals surface area contributed by atoms with Gasteiger partial charge < -0.3 is 23.5 Å². The maximum atomic E-state index is 15.6. The monoisotopic (exact) mass is 1370 g/mol. The summed E-state index contributed by atoms with van der Waals surface area (Å²) in [5, 5.41) is 3.12. The van der Waals surface area contributed by atoms with Crippen molar-refractivity contribution >= 4 is 66.5 Å². The van der Waals surface area contributed by atoms with Gasteiger partial charge >= 0.3 is 0 Å². The van der Waals surface area contributed by atoms with E-state index >= 15 is 4.39 Å². The molecule has 0 fully saturated rings. The molecule has 1 aliphatic rings. The van der Waals surface area contributed by atoms with E-state index in [0.29, 0.717) is 50.7 Å². The van der Waals surface area contributed by atoms with Crippen molar-refractivity contribution in [1.82, 2.24) is 9.55 Å². The minimum atomic E-state index is -0.458. The molecule has 0 amide bonds. The van der Waals surface area contributed by atoms with Crippen molar-refractivity contribution in [1.29, 1.82) is 0 Å². The number of aromatic nitrogens is 2. The molecule has 12 aromatic rings. The van der Waals surface area contributed by atoms with Crippen molar-refractivity contribution in [3.8, 4) is 50.7 Å². The normalized spacial score (nSPS) is 14.0. The number of para-hydroxylation sites is 4. The molecule has 0 saturated carbocycles. The van der Waals surface area contributed by atoms with Crippen LogP contribution in [0.15, 0.2) is 186 Å². The first kappa shape index (κ1) is 55.8. The summed E-state index contributed by atoms with van der Waals surface area (Å²) in [5.74, 6) is 1.11. The van der Waals surface area contributed by atoms with Gasteiger partial charge in [-0.25, -0.2) is 9.37 Å². The van der Waals surface area contributed by atoms with Crippen LogP contribution in [0.5, 0.6) is 11.5 Å². The molecule has 0 bridgehead atoms. The van der Waals surface area contributed by atoms with E-state index in [0.717, 1.165) is 96.0 Å². The Morgan fingerprint density at radius 3 is 1.81 bits per heavy atom. The van der Waals surface area contributed by atoms with Crippen LogP contribution >= 0.6 is 0 Å². The van der Waals surface area contributed by atoms with Gasteiger partial charge in [-0.15, -0.1) is 48.3 Å². The molecule has 460 valence electrons. The van der Waals surface area contributed by atoms with Crippen molar-refractivity contribution in [3.63, 3.8) is 0 Å². The van der Waals surface area contributed by atoms with Crippen molar-refractivity contribution in [2.24, 2.45) is 0 Å². The number of anilines is 4. The zero-order chi connectivity index (χ0) is 67.0. The molecule has 3 aromatic heterocycles. The van der Waals surface area contributed by atoms with Crippen LogP contribution in [0.1, 0.15) is 151 Å². The fourth-order valence-electron chi connectivity index (χ4n) is 12.9. The second-order valence-electron chi connectivity index (χ2n) is 28.4. The number of hydrogen-bond acceptors (Lipinski definition) is 5. The molecule has 9 aromatic carbocycles. The molecule has 8 heteroatoms. The van der Waals surface area contributed by atoms with Gasteiger partial charge in [0.05, 0.1) is 6.85 Å². The zero-order valence-corrected chi connectivity index (χ0v) is 56.5. The molecule has 90 heavy (non-hydrogen) atoms. The molecule has 0 aliphatic carbocycles. The van der Waals surface area contributed by atoms with E-state index in [1.165, 1.54) is 6.07 Å². The molecule has 4 heterocycles. The Bertz CT molecular complexity index is 4960. The van der Waals surface area contributed by atoms with E-state index in [1.54, 1.807) is 6.07 Å². The van der Waals surface area contributed by atoms with Gasteiger partial charge in [0.1, 0.15) is 11.4 Å². The van der Waals surface area contributed by atoms with Crippen LogP contribution in [-0.2, 0) is 48.1 Å². The van der Waals surface area contributed by atoms with Crippen LogP contribution < -0.4 is 14.5 Å². The Kier molecular flexibility index (Phi) is 14.2. The Labute approximate surface area is 553 Å². The van der Waals surface area contributed by atoms with Gasteiger partial charge in [-0.1, -0.05) is 224 Å². The third-order valence-electron chi connectivity index (χ3n) is 18.4. The maximum Gasteiger partial charge on any atom is 0.171 e. The molecule has 0 spiro atoms. The van der Waals surface area contributed by atoms with E-state index in [1.807, 2.05) is 61.4 Å². The topological polar surface area (TPSA) is 46.7 Å². The van der Waals surface area contributed by atoms with Gasteiger partial charge in [0, 0.05) is 83.2 Å². The zero-order valence-electron chi connectivity index (χ0n) is 59.2. The molecular weight excluding hydrogens is 1290 g/mol. The molecule has 0 N–H and O–H groups in total. The minimum absolute atomic E-state index is 0. The average Bonchev–Trinajstić information content (AvgIpc) is 1.57. The summed E-state index contributed by atoms with van der Waals surface area (Å²) < 4.78 is 77.2. The Morgan fingerprint density at radius 1 is 0.556 bits per heavy atom. The largest absolute Gasteiger partial charge is 0.509 e.